The van der Waals surface area contributed by atoms with Gasteiger partial charge in [-0.25, -0.2) is 15.0 Å². The summed E-state index contributed by atoms with van der Waals surface area (Å²) in [4.78, 5) is 14.4. The molecule has 0 aliphatic heterocycles. The monoisotopic (exact) mass is 741 g/mol. The third-order valence-electron chi connectivity index (χ3n) is 10.3. The molecule has 3 aromatic carbocycles. The molecule has 0 spiro atoms. The Labute approximate surface area is 323 Å². The fourth-order valence-corrected chi connectivity index (χ4v) is 6.42. The first kappa shape index (κ1) is 42.2. The molecule has 3 unspecified atom stereocenters. The van der Waals surface area contributed by atoms with Crippen molar-refractivity contribution in [3.05, 3.63) is 54.6 Å². The Morgan fingerprint density at radius 1 is 0.444 bits per heavy atom. The lowest BCUT2D eigenvalue weighted by Crippen LogP contribution is -2.11. The highest BCUT2D eigenvalue weighted by Gasteiger charge is 2.18. The molecule has 3 N–H and O–H groups in total. The van der Waals surface area contributed by atoms with Gasteiger partial charge in [0.2, 0.25) is 0 Å². The van der Waals surface area contributed by atoms with Gasteiger partial charge in [-0.2, -0.15) is 0 Å². The van der Waals surface area contributed by atoms with Gasteiger partial charge in [0.15, 0.2) is 52.0 Å². The molecular formula is C45H63N3O6. The zero-order valence-electron chi connectivity index (χ0n) is 33.4. The molecule has 54 heavy (non-hydrogen) atoms. The van der Waals surface area contributed by atoms with Crippen molar-refractivity contribution in [3.8, 4) is 68.7 Å². The van der Waals surface area contributed by atoms with Crippen LogP contribution in [0.1, 0.15) is 119 Å². The minimum atomic E-state index is -0.00621. The number of phenols is 3. The van der Waals surface area contributed by atoms with Crippen LogP contribution in [0.3, 0.4) is 0 Å². The third-order valence-corrected chi connectivity index (χ3v) is 10.3. The number of hydrogen-bond acceptors (Lipinski definition) is 9. The number of rotatable bonds is 24. The largest absolute Gasteiger partial charge is 0.504 e. The molecule has 294 valence electrons. The molecule has 4 rings (SSSR count). The van der Waals surface area contributed by atoms with Crippen LogP contribution in [0.25, 0.3) is 34.2 Å². The molecule has 9 heteroatoms. The first-order valence-electron chi connectivity index (χ1n) is 20.4. The minimum Gasteiger partial charge on any atom is -0.504 e. The number of aromatic hydroxyl groups is 3. The topological polar surface area (TPSA) is 127 Å². The van der Waals surface area contributed by atoms with Crippen LogP contribution < -0.4 is 14.2 Å². The quantitative estimate of drug-likeness (QED) is 0.0643. The van der Waals surface area contributed by atoms with Crippen LogP contribution in [-0.4, -0.2) is 50.1 Å². The van der Waals surface area contributed by atoms with Crippen LogP contribution in [0.2, 0.25) is 0 Å². The number of ether oxygens (including phenoxy) is 3. The number of aromatic nitrogens is 3. The van der Waals surface area contributed by atoms with E-state index in [-0.39, 0.29) is 17.2 Å². The zero-order valence-corrected chi connectivity index (χ0v) is 33.4. The predicted octanol–water partition coefficient (Wildman–Crippen LogP) is 11.8. The van der Waals surface area contributed by atoms with Gasteiger partial charge in [-0.1, -0.05) is 99.3 Å². The SMILES string of the molecule is CCCCC(CC)COc1ccc(-c2nc(-c3ccc(OCC(CC)CCCC)c(O)c3)nc(-c3ccc(OCC(CC)CCCC)c(O)c3)n2)cc1O. The van der Waals surface area contributed by atoms with Crippen LogP contribution in [0.4, 0.5) is 0 Å². The maximum atomic E-state index is 11.0. The summed E-state index contributed by atoms with van der Waals surface area (Å²) in [6.07, 6.45) is 13.1. The summed E-state index contributed by atoms with van der Waals surface area (Å²) in [7, 11) is 0. The molecule has 0 amide bonds. The van der Waals surface area contributed by atoms with Crippen molar-refractivity contribution in [1.82, 2.24) is 15.0 Å². The molecule has 9 nitrogen and oxygen atoms in total. The van der Waals surface area contributed by atoms with Gasteiger partial charge in [0, 0.05) is 16.7 Å². The molecule has 4 aromatic rings. The molecule has 0 radical (unpaired) electrons. The second kappa shape index (κ2) is 22.0. The Kier molecular flexibility index (Phi) is 17.2. The summed E-state index contributed by atoms with van der Waals surface area (Å²) in [5.74, 6) is 3.40. The Morgan fingerprint density at radius 3 is 0.944 bits per heavy atom. The van der Waals surface area contributed by atoms with Crippen molar-refractivity contribution in [3.63, 3.8) is 0 Å². The fraction of sp³-hybridized carbons (Fsp3) is 0.533. The van der Waals surface area contributed by atoms with Crippen LogP contribution in [0.15, 0.2) is 54.6 Å². The number of phenolic OH excluding ortho intramolecular Hbond substituents is 3. The van der Waals surface area contributed by atoms with E-state index in [4.69, 9.17) is 29.2 Å². The van der Waals surface area contributed by atoms with Gasteiger partial charge in [0.25, 0.3) is 0 Å². The van der Waals surface area contributed by atoms with E-state index in [1.54, 1.807) is 36.4 Å². The van der Waals surface area contributed by atoms with E-state index < -0.39 is 0 Å². The Bertz CT molecular complexity index is 1520. The van der Waals surface area contributed by atoms with E-state index in [2.05, 4.69) is 41.5 Å². The van der Waals surface area contributed by atoms with Gasteiger partial charge in [-0.15, -0.1) is 0 Å². The summed E-state index contributed by atoms with van der Waals surface area (Å²) in [6.45, 7) is 14.6. The average Bonchev–Trinajstić information content (AvgIpc) is 3.19. The molecule has 0 saturated heterocycles. The summed E-state index contributed by atoms with van der Waals surface area (Å²) in [5, 5.41) is 33.1. The molecule has 0 fully saturated rings. The van der Waals surface area contributed by atoms with Gasteiger partial charge in [0.05, 0.1) is 19.8 Å². The van der Waals surface area contributed by atoms with Crippen LogP contribution in [-0.2, 0) is 0 Å². The Morgan fingerprint density at radius 2 is 0.722 bits per heavy atom. The summed E-state index contributed by atoms with van der Waals surface area (Å²) in [5.41, 5.74) is 1.68. The number of benzene rings is 3. The standard InChI is InChI=1S/C45H63N3O6/c1-7-13-16-31(10-4)28-52-40-22-19-34(25-37(40)49)43-46-44(35-20-23-41(38(50)26-35)53-29-32(11-5)17-14-8-2)48-45(47-43)36-21-24-42(39(51)27-36)54-30-33(12-6)18-15-9-3/h19-27,31-33,49-51H,7-18,28-30H2,1-6H3. The highest BCUT2D eigenvalue weighted by molar-refractivity contribution is 5.70. The Balaban J connectivity index is 1.67. The Hall–Kier alpha value is -4.53. The minimum absolute atomic E-state index is 0.00621. The first-order chi connectivity index (χ1) is 26.2. The van der Waals surface area contributed by atoms with E-state index in [9.17, 15) is 15.3 Å². The lowest BCUT2D eigenvalue weighted by molar-refractivity contribution is 0.225. The van der Waals surface area contributed by atoms with Gasteiger partial charge >= 0.3 is 0 Å². The molecule has 3 atom stereocenters. The summed E-state index contributed by atoms with van der Waals surface area (Å²) >= 11 is 0. The van der Waals surface area contributed by atoms with Gasteiger partial charge in [-0.3, -0.25) is 0 Å². The zero-order chi connectivity index (χ0) is 38.9. The highest BCUT2D eigenvalue weighted by Crippen LogP contribution is 2.37. The van der Waals surface area contributed by atoms with Crippen molar-refractivity contribution in [2.45, 2.75) is 119 Å². The normalized spacial score (nSPS) is 13.0. The lowest BCUT2D eigenvalue weighted by Gasteiger charge is -2.17. The second-order valence-corrected chi connectivity index (χ2v) is 14.5. The van der Waals surface area contributed by atoms with Crippen LogP contribution in [0, 0.1) is 17.8 Å². The van der Waals surface area contributed by atoms with E-state index in [1.165, 1.54) is 0 Å². The molecule has 1 heterocycles. The van der Waals surface area contributed by atoms with Crippen molar-refractivity contribution in [2.24, 2.45) is 17.8 Å². The fourth-order valence-electron chi connectivity index (χ4n) is 6.42. The smallest absolute Gasteiger partial charge is 0.164 e. The molecule has 1 aromatic heterocycles. The lowest BCUT2D eigenvalue weighted by atomic mass is 10.0. The van der Waals surface area contributed by atoms with E-state index in [0.717, 1.165) is 77.0 Å². The van der Waals surface area contributed by atoms with E-state index in [1.807, 2.05) is 18.2 Å². The molecule has 0 aliphatic carbocycles. The van der Waals surface area contributed by atoms with Crippen molar-refractivity contribution >= 4 is 0 Å². The predicted molar refractivity (Wildman–Crippen MR) is 218 cm³/mol. The number of unbranched alkanes of at least 4 members (excludes halogenated alkanes) is 3. The van der Waals surface area contributed by atoms with Crippen molar-refractivity contribution in [1.29, 1.82) is 0 Å². The third kappa shape index (κ3) is 12.3. The first-order valence-corrected chi connectivity index (χ1v) is 20.4. The van der Waals surface area contributed by atoms with Crippen molar-refractivity contribution in [2.75, 3.05) is 19.8 Å². The highest BCUT2D eigenvalue weighted by atomic mass is 16.5. The van der Waals surface area contributed by atoms with Crippen LogP contribution in [0.5, 0.6) is 34.5 Å². The molecule has 0 aliphatic rings. The summed E-state index contributed by atoms with van der Waals surface area (Å²) < 4.78 is 18.2. The molecular weight excluding hydrogens is 679 g/mol. The number of hydrogen-bond donors (Lipinski definition) is 3. The second-order valence-electron chi connectivity index (χ2n) is 14.5. The van der Waals surface area contributed by atoms with Crippen molar-refractivity contribution < 1.29 is 29.5 Å². The summed E-state index contributed by atoms with van der Waals surface area (Å²) in [6, 6.07) is 15.5. The average molecular weight is 742 g/mol. The van der Waals surface area contributed by atoms with E-state index in [0.29, 0.717) is 89.0 Å². The van der Waals surface area contributed by atoms with Gasteiger partial charge in [0.1, 0.15) is 0 Å². The molecule has 0 bridgehead atoms. The van der Waals surface area contributed by atoms with Gasteiger partial charge < -0.3 is 29.5 Å². The maximum absolute atomic E-state index is 11.0. The van der Waals surface area contributed by atoms with Crippen LogP contribution >= 0.6 is 0 Å². The molecule has 0 saturated carbocycles. The van der Waals surface area contributed by atoms with E-state index >= 15 is 0 Å². The van der Waals surface area contributed by atoms with Gasteiger partial charge in [-0.05, 0) is 91.6 Å². The maximum Gasteiger partial charge on any atom is 0.164 e. The number of nitrogens with zero attached hydrogens (tertiary/aromatic N) is 3.